The van der Waals surface area contributed by atoms with Crippen molar-refractivity contribution in [3.05, 3.63) is 0 Å². The van der Waals surface area contributed by atoms with Crippen LogP contribution in [-0.2, 0) is 9.53 Å². The van der Waals surface area contributed by atoms with Crippen molar-refractivity contribution in [1.82, 2.24) is 10.3 Å². The van der Waals surface area contributed by atoms with Crippen LogP contribution in [0.3, 0.4) is 0 Å². The van der Waals surface area contributed by atoms with Crippen LogP contribution >= 0.6 is 0 Å². The van der Waals surface area contributed by atoms with Gasteiger partial charge in [-0.1, -0.05) is 6.92 Å². The smallest absolute Gasteiger partial charge is 0.251 e. The van der Waals surface area contributed by atoms with Crippen LogP contribution < -0.4 is 11.3 Å². The predicted octanol–water partition coefficient (Wildman–Crippen LogP) is 0.502. The summed E-state index contributed by atoms with van der Waals surface area (Å²) in [5.74, 6) is 5.88. The standard InChI is InChI=1S/C12H25N3O2/c1-4-11(12(16)14-13)15(7-8-17-3)9(2)10-5-6-10/h9-11H,4-8,13H2,1-3H3,(H,14,16). The quantitative estimate of drug-likeness (QED) is 0.370. The number of nitrogens with one attached hydrogen (secondary N) is 1. The Morgan fingerprint density at radius 1 is 1.59 bits per heavy atom. The van der Waals surface area contributed by atoms with Crippen molar-refractivity contribution >= 4 is 5.91 Å². The molecular formula is C12H25N3O2. The van der Waals surface area contributed by atoms with Gasteiger partial charge in [-0.2, -0.15) is 0 Å². The number of hydrazine groups is 1. The number of amides is 1. The fraction of sp³-hybridized carbons (Fsp3) is 0.917. The van der Waals surface area contributed by atoms with Crippen molar-refractivity contribution in [1.29, 1.82) is 0 Å². The van der Waals surface area contributed by atoms with Crippen LogP contribution in [0, 0.1) is 5.92 Å². The SMILES string of the molecule is CCC(C(=O)NN)N(CCOC)C(C)C1CC1. The molecule has 1 aliphatic rings. The molecule has 100 valence electrons. The van der Waals surface area contributed by atoms with Crippen LogP contribution in [-0.4, -0.2) is 43.2 Å². The van der Waals surface area contributed by atoms with Gasteiger partial charge in [0.2, 0.25) is 0 Å². The van der Waals surface area contributed by atoms with E-state index in [1.165, 1.54) is 12.8 Å². The molecule has 0 aromatic rings. The number of nitrogens with two attached hydrogens (primary N) is 1. The zero-order valence-corrected chi connectivity index (χ0v) is 11.1. The number of methoxy groups -OCH3 is 1. The Bertz CT molecular complexity index is 244. The summed E-state index contributed by atoms with van der Waals surface area (Å²) in [5, 5.41) is 0. The summed E-state index contributed by atoms with van der Waals surface area (Å²) in [5.41, 5.74) is 2.27. The number of carbonyl (C=O) groups excluding carboxylic acids is 1. The van der Waals surface area contributed by atoms with Crippen LogP contribution in [0.5, 0.6) is 0 Å². The Labute approximate surface area is 104 Å². The van der Waals surface area contributed by atoms with E-state index >= 15 is 0 Å². The third-order valence-electron chi connectivity index (χ3n) is 3.61. The summed E-state index contributed by atoms with van der Waals surface area (Å²) in [6, 6.07) is 0.276. The molecular weight excluding hydrogens is 218 g/mol. The molecule has 0 aromatic heterocycles. The van der Waals surface area contributed by atoms with Crippen LogP contribution in [0.4, 0.5) is 0 Å². The van der Waals surface area contributed by atoms with Crippen LogP contribution in [0.15, 0.2) is 0 Å². The number of hydrogen-bond donors (Lipinski definition) is 2. The van der Waals surface area contributed by atoms with Gasteiger partial charge in [-0.05, 0) is 32.1 Å². The van der Waals surface area contributed by atoms with Crippen molar-refractivity contribution < 1.29 is 9.53 Å². The lowest BCUT2D eigenvalue weighted by Crippen LogP contribution is -2.53. The molecule has 1 amide bonds. The molecule has 0 bridgehead atoms. The van der Waals surface area contributed by atoms with Crippen LogP contribution in [0.2, 0.25) is 0 Å². The van der Waals surface area contributed by atoms with Gasteiger partial charge < -0.3 is 4.74 Å². The molecule has 0 aromatic carbocycles. The van der Waals surface area contributed by atoms with E-state index in [1.54, 1.807) is 7.11 Å². The maximum absolute atomic E-state index is 11.8. The van der Waals surface area contributed by atoms with Gasteiger partial charge >= 0.3 is 0 Å². The fourth-order valence-electron chi connectivity index (χ4n) is 2.36. The van der Waals surface area contributed by atoms with Gasteiger partial charge in [0.15, 0.2) is 0 Å². The van der Waals surface area contributed by atoms with Gasteiger partial charge in [0.05, 0.1) is 12.6 Å². The van der Waals surface area contributed by atoms with E-state index in [1.807, 2.05) is 6.92 Å². The highest BCUT2D eigenvalue weighted by Crippen LogP contribution is 2.36. The number of hydrogen-bond acceptors (Lipinski definition) is 4. The molecule has 0 radical (unpaired) electrons. The second kappa shape index (κ2) is 6.93. The first-order valence-corrected chi connectivity index (χ1v) is 6.40. The molecule has 1 saturated carbocycles. The minimum absolute atomic E-state index is 0.101. The van der Waals surface area contributed by atoms with Gasteiger partial charge in [-0.25, -0.2) is 5.84 Å². The van der Waals surface area contributed by atoms with Crippen molar-refractivity contribution in [2.45, 2.75) is 45.2 Å². The van der Waals surface area contributed by atoms with Crippen molar-refractivity contribution in [3.63, 3.8) is 0 Å². The maximum Gasteiger partial charge on any atom is 0.251 e. The molecule has 1 aliphatic carbocycles. The summed E-state index contributed by atoms with van der Waals surface area (Å²) in [7, 11) is 1.68. The number of carbonyl (C=O) groups is 1. The molecule has 0 aliphatic heterocycles. The lowest BCUT2D eigenvalue weighted by Gasteiger charge is -2.34. The Kier molecular flexibility index (Phi) is 5.88. The topological polar surface area (TPSA) is 67.6 Å². The first kappa shape index (κ1) is 14.4. The summed E-state index contributed by atoms with van der Waals surface area (Å²) in [6.45, 7) is 5.63. The Balaban J connectivity index is 2.66. The van der Waals surface area contributed by atoms with Crippen LogP contribution in [0.25, 0.3) is 0 Å². The van der Waals surface area contributed by atoms with E-state index in [-0.39, 0.29) is 11.9 Å². The van der Waals surface area contributed by atoms with Crippen LogP contribution in [0.1, 0.15) is 33.1 Å². The number of ether oxygens (including phenoxy) is 1. The lowest BCUT2D eigenvalue weighted by atomic mass is 10.1. The second-order valence-electron chi connectivity index (χ2n) is 4.74. The average molecular weight is 243 g/mol. The summed E-state index contributed by atoms with van der Waals surface area (Å²) in [6.07, 6.45) is 3.31. The highest BCUT2D eigenvalue weighted by Gasteiger charge is 2.36. The molecule has 2 unspecified atom stereocenters. The van der Waals surface area contributed by atoms with E-state index < -0.39 is 0 Å². The minimum Gasteiger partial charge on any atom is -0.383 e. The third-order valence-corrected chi connectivity index (χ3v) is 3.61. The zero-order valence-electron chi connectivity index (χ0n) is 11.1. The summed E-state index contributed by atoms with van der Waals surface area (Å²) in [4.78, 5) is 14.0. The molecule has 0 spiro atoms. The molecule has 1 fully saturated rings. The van der Waals surface area contributed by atoms with Crippen molar-refractivity contribution in [3.8, 4) is 0 Å². The van der Waals surface area contributed by atoms with Gasteiger partial charge in [0.1, 0.15) is 0 Å². The van der Waals surface area contributed by atoms with Crippen molar-refractivity contribution in [2.24, 2.45) is 11.8 Å². The molecule has 1 rings (SSSR count). The number of nitrogens with zero attached hydrogens (tertiary/aromatic N) is 1. The van der Waals surface area contributed by atoms with E-state index in [0.29, 0.717) is 12.6 Å². The molecule has 2 atom stereocenters. The third kappa shape index (κ3) is 3.94. The van der Waals surface area contributed by atoms with Gasteiger partial charge in [-0.3, -0.25) is 15.1 Å². The average Bonchev–Trinajstić information content (AvgIpc) is 3.17. The Hall–Kier alpha value is -0.650. The van der Waals surface area contributed by atoms with E-state index in [9.17, 15) is 4.79 Å². The Morgan fingerprint density at radius 2 is 2.24 bits per heavy atom. The zero-order chi connectivity index (χ0) is 12.8. The van der Waals surface area contributed by atoms with E-state index in [4.69, 9.17) is 10.6 Å². The Morgan fingerprint density at radius 3 is 2.65 bits per heavy atom. The number of rotatable bonds is 8. The molecule has 5 nitrogen and oxygen atoms in total. The second-order valence-corrected chi connectivity index (χ2v) is 4.74. The first-order chi connectivity index (χ1) is 8.15. The highest BCUT2D eigenvalue weighted by molar-refractivity contribution is 5.81. The maximum atomic E-state index is 11.8. The molecule has 0 heterocycles. The summed E-state index contributed by atoms with van der Waals surface area (Å²) < 4.78 is 5.13. The molecule has 17 heavy (non-hydrogen) atoms. The predicted molar refractivity (Wildman–Crippen MR) is 67.2 cm³/mol. The largest absolute Gasteiger partial charge is 0.383 e. The van der Waals surface area contributed by atoms with Gasteiger partial charge in [0, 0.05) is 19.7 Å². The van der Waals surface area contributed by atoms with E-state index in [2.05, 4.69) is 17.2 Å². The van der Waals surface area contributed by atoms with E-state index in [0.717, 1.165) is 18.9 Å². The molecule has 3 N–H and O–H groups in total. The highest BCUT2D eigenvalue weighted by atomic mass is 16.5. The normalized spacial score (nSPS) is 19.1. The summed E-state index contributed by atoms with van der Waals surface area (Å²) >= 11 is 0. The monoisotopic (exact) mass is 243 g/mol. The van der Waals surface area contributed by atoms with Crippen molar-refractivity contribution in [2.75, 3.05) is 20.3 Å². The minimum atomic E-state index is -0.147. The molecule has 0 saturated heterocycles. The fourth-order valence-corrected chi connectivity index (χ4v) is 2.36. The van der Waals surface area contributed by atoms with Gasteiger partial charge in [-0.15, -0.1) is 0 Å². The molecule has 5 heteroatoms. The lowest BCUT2D eigenvalue weighted by molar-refractivity contribution is -0.128. The van der Waals surface area contributed by atoms with Gasteiger partial charge in [0.25, 0.3) is 5.91 Å². The first-order valence-electron chi connectivity index (χ1n) is 6.40.